The van der Waals surface area contributed by atoms with Crippen molar-refractivity contribution >= 4 is 49.6 Å². The molecule has 3 N–H and O–H groups in total. The van der Waals surface area contributed by atoms with Crippen molar-refractivity contribution in [3.63, 3.8) is 0 Å². The fraction of sp³-hybridized carbons (Fsp3) is 0.263. The largest absolute Gasteiger partial charge is 0.393 e. The summed E-state index contributed by atoms with van der Waals surface area (Å²) in [5, 5.41) is 8.07. The van der Waals surface area contributed by atoms with Gasteiger partial charge in [0, 0.05) is 31.0 Å². The summed E-state index contributed by atoms with van der Waals surface area (Å²) in [5.41, 5.74) is 4.12. The molecule has 1 aliphatic heterocycles. The Bertz CT molecular complexity index is 954. The number of aromatic nitrogens is 2. The summed E-state index contributed by atoms with van der Waals surface area (Å²) in [6, 6.07) is -0.783. The lowest BCUT2D eigenvalue weighted by Crippen LogP contribution is -2.55. The van der Waals surface area contributed by atoms with Crippen LogP contribution in [0.5, 0.6) is 0 Å². The quantitative estimate of drug-likeness (QED) is 0.582. The first-order valence-corrected chi connectivity index (χ1v) is 10.1. The summed E-state index contributed by atoms with van der Waals surface area (Å²) in [4.78, 5) is 26.3. The summed E-state index contributed by atoms with van der Waals surface area (Å²) in [7, 11) is 3.47. The minimum atomic E-state index is -0.449. The number of amidine groups is 1. The molecule has 0 aromatic carbocycles. The average molecular weight is 479 g/mol. The third-order valence-corrected chi connectivity index (χ3v) is 5.32. The van der Waals surface area contributed by atoms with Crippen LogP contribution in [0.1, 0.15) is 12.5 Å². The molecule has 1 aromatic rings. The third kappa shape index (κ3) is 4.42. The first kappa shape index (κ1) is 21.2. The number of anilines is 1. The van der Waals surface area contributed by atoms with Gasteiger partial charge in [-0.1, -0.05) is 29.8 Å². The number of allylic oxidation sites excluding steroid dienone is 4. The predicted octanol–water partition coefficient (Wildman–Crippen LogP) is 2.55. The number of rotatable bonds is 6. The van der Waals surface area contributed by atoms with E-state index in [1.54, 1.807) is 38.6 Å². The third-order valence-electron chi connectivity index (χ3n) is 4.34. The van der Waals surface area contributed by atoms with Gasteiger partial charge in [-0.15, -0.1) is 0 Å². The van der Waals surface area contributed by atoms with E-state index in [4.69, 9.17) is 16.6 Å². The summed E-state index contributed by atoms with van der Waals surface area (Å²) < 4.78 is 0.789. The van der Waals surface area contributed by atoms with Crippen molar-refractivity contribution in [1.82, 2.24) is 25.7 Å². The number of aliphatic imine (C=N–C) groups is 1. The molecule has 0 saturated carbocycles. The molecule has 2 aliphatic rings. The number of amides is 1. The number of hydrogen-bond donors (Lipinski definition) is 3. The van der Waals surface area contributed by atoms with Crippen LogP contribution < -0.4 is 16.1 Å². The number of hydrogen-bond acceptors (Lipinski definition) is 7. The molecule has 3 rings (SSSR count). The van der Waals surface area contributed by atoms with Crippen molar-refractivity contribution in [3.05, 3.63) is 59.2 Å². The minimum absolute atomic E-state index is 0.239. The molecule has 2 heterocycles. The van der Waals surface area contributed by atoms with Gasteiger partial charge in [0.2, 0.25) is 0 Å². The fourth-order valence-corrected chi connectivity index (χ4v) is 3.80. The molecule has 0 bridgehead atoms. The van der Waals surface area contributed by atoms with Gasteiger partial charge in [0.25, 0.3) is 5.91 Å². The zero-order valence-electron chi connectivity index (χ0n) is 16.1. The zero-order valence-corrected chi connectivity index (χ0v) is 18.5. The van der Waals surface area contributed by atoms with E-state index in [9.17, 15) is 4.79 Å². The van der Waals surface area contributed by atoms with Gasteiger partial charge in [-0.2, -0.15) is 0 Å². The molecule has 0 fully saturated rings. The highest BCUT2D eigenvalue weighted by Gasteiger charge is 2.36. The number of nitrogens with one attached hydrogen (secondary N) is 3. The highest BCUT2D eigenvalue weighted by molar-refractivity contribution is 9.15. The average Bonchev–Trinajstić information content (AvgIpc) is 2.89. The van der Waals surface area contributed by atoms with Gasteiger partial charge in [0.15, 0.2) is 0 Å². The molecule has 10 heteroatoms. The zero-order chi connectivity index (χ0) is 21.0. The van der Waals surface area contributed by atoms with Crippen molar-refractivity contribution in [2.45, 2.75) is 19.0 Å². The molecule has 2 atom stereocenters. The Kier molecular flexibility index (Phi) is 6.83. The Hall–Kier alpha value is -2.49. The topological polar surface area (TPSA) is 94.5 Å². The lowest BCUT2D eigenvalue weighted by molar-refractivity contribution is -0.126. The van der Waals surface area contributed by atoms with E-state index < -0.39 is 6.04 Å². The van der Waals surface area contributed by atoms with Gasteiger partial charge in [0.1, 0.15) is 24.0 Å². The molecular formula is C19H21BrClN7O. The Morgan fingerprint density at radius 1 is 1.38 bits per heavy atom. The highest BCUT2D eigenvalue weighted by Crippen LogP contribution is 2.29. The van der Waals surface area contributed by atoms with Crippen molar-refractivity contribution < 1.29 is 4.79 Å². The Balaban J connectivity index is 1.96. The Morgan fingerprint density at radius 3 is 2.90 bits per heavy atom. The van der Waals surface area contributed by atoms with Gasteiger partial charge in [-0.05, 0) is 28.9 Å². The van der Waals surface area contributed by atoms with Crippen LogP contribution in [0.2, 0.25) is 0 Å². The van der Waals surface area contributed by atoms with Crippen LogP contribution in [0, 0.1) is 0 Å². The van der Waals surface area contributed by atoms with Gasteiger partial charge in [-0.3, -0.25) is 9.79 Å². The van der Waals surface area contributed by atoms with Crippen LogP contribution in [0.25, 0.3) is 4.48 Å². The maximum Gasteiger partial charge on any atom is 0.273 e. The first-order valence-electron chi connectivity index (χ1n) is 8.91. The second kappa shape index (κ2) is 9.34. The number of halogens is 2. The van der Waals surface area contributed by atoms with Crippen LogP contribution in [-0.4, -0.2) is 52.9 Å². The molecule has 0 saturated heterocycles. The molecule has 152 valence electrons. The SMILES string of the molecule is CN/C=C(/Br)c1cncnc1N[C@@H](C)C1=NC2C=CC=CC(Cl)=C2C(=O)N1NC. The summed E-state index contributed by atoms with van der Waals surface area (Å²) in [6.45, 7) is 1.91. The maximum atomic E-state index is 13.1. The molecular weight excluding hydrogens is 458 g/mol. The van der Waals surface area contributed by atoms with Crippen molar-refractivity contribution in [1.29, 1.82) is 0 Å². The van der Waals surface area contributed by atoms with Crippen molar-refractivity contribution in [2.75, 3.05) is 19.4 Å². The molecule has 1 unspecified atom stereocenters. The van der Waals surface area contributed by atoms with E-state index in [1.165, 1.54) is 11.3 Å². The number of carbonyl (C=O) groups is 1. The van der Waals surface area contributed by atoms with Crippen molar-refractivity contribution in [2.24, 2.45) is 4.99 Å². The number of hydrazine groups is 1. The normalized spacial score (nSPS) is 20.2. The van der Waals surface area contributed by atoms with Gasteiger partial charge in [-0.25, -0.2) is 20.4 Å². The molecule has 0 radical (unpaired) electrons. The molecule has 1 amide bonds. The van der Waals surface area contributed by atoms with E-state index in [2.05, 4.69) is 42.0 Å². The molecule has 29 heavy (non-hydrogen) atoms. The van der Waals surface area contributed by atoms with E-state index in [0.29, 0.717) is 22.3 Å². The van der Waals surface area contributed by atoms with Crippen LogP contribution in [-0.2, 0) is 4.79 Å². The van der Waals surface area contributed by atoms with Crippen LogP contribution >= 0.6 is 27.5 Å². The molecule has 1 aromatic heterocycles. The smallest absolute Gasteiger partial charge is 0.273 e. The van der Waals surface area contributed by atoms with E-state index in [-0.39, 0.29) is 11.9 Å². The molecule has 1 aliphatic carbocycles. The molecule has 0 spiro atoms. The number of nitrogens with zero attached hydrogens (tertiary/aromatic N) is 4. The van der Waals surface area contributed by atoms with E-state index in [0.717, 1.165) is 10.0 Å². The molecule has 8 nitrogen and oxygen atoms in total. The van der Waals surface area contributed by atoms with Crippen LogP contribution in [0.4, 0.5) is 5.82 Å². The Labute approximate surface area is 182 Å². The summed E-state index contributed by atoms with van der Waals surface area (Å²) in [5.74, 6) is 0.895. The summed E-state index contributed by atoms with van der Waals surface area (Å²) in [6.07, 6.45) is 12.1. The Morgan fingerprint density at radius 2 is 2.17 bits per heavy atom. The monoisotopic (exact) mass is 477 g/mol. The maximum absolute atomic E-state index is 13.1. The number of fused-ring (bicyclic) bond motifs is 1. The van der Waals surface area contributed by atoms with Gasteiger partial charge >= 0.3 is 0 Å². The first-order chi connectivity index (χ1) is 14.0. The van der Waals surface area contributed by atoms with Crippen LogP contribution in [0.15, 0.2) is 58.6 Å². The fourth-order valence-electron chi connectivity index (χ4n) is 3.01. The standard InChI is InChI=1S/C19H21BrClN7O/c1-11(26-17-12(8-24-10-25-17)13(20)9-22-2)18-27-15-7-5-4-6-14(21)16(15)19(29)28(18)23-3/h4-11,15,22-23H,1-3H3,(H,24,25,26)/b13-9+/t11-,15?/m0/s1. The van der Waals surface area contributed by atoms with Gasteiger partial charge in [0.05, 0.1) is 22.2 Å². The van der Waals surface area contributed by atoms with Crippen LogP contribution in [0.3, 0.4) is 0 Å². The second-order valence-electron chi connectivity index (χ2n) is 6.23. The highest BCUT2D eigenvalue weighted by atomic mass is 79.9. The summed E-state index contributed by atoms with van der Waals surface area (Å²) >= 11 is 9.83. The van der Waals surface area contributed by atoms with E-state index >= 15 is 0 Å². The lowest BCUT2D eigenvalue weighted by Gasteiger charge is -2.34. The van der Waals surface area contributed by atoms with Gasteiger partial charge < -0.3 is 10.6 Å². The predicted molar refractivity (Wildman–Crippen MR) is 119 cm³/mol. The minimum Gasteiger partial charge on any atom is -0.393 e. The van der Waals surface area contributed by atoms with Crippen molar-refractivity contribution in [3.8, 4) is 0 Å². The lowest BCUT2D eigenvalue weighted by atomic mass is 10.0. The second-order valence-corrected chi connectivity index (χ2v) is 7.50. The number of carbonyl (C=O) groups excluding carboxylic acids is 1. The van der Waals surface area contributed by atoms with E-state index in [1.807, 2.05) is 19.1 Å².